The molecule has 0 saturated heterocycles. The number of benzene rings is 2. The number of ketones is 1. The highest BCUT2D eigenvalue weighted by molar-refractivity contribution is 6.01. The van der Waals surface area contributed by atoms with Gasteiger partial charge in [0.2, 0.25) is 5.91 Å². The van der Waals surface area contributed by atoms with Crippen LogP contribution in [0.3, 0.4) is 0 Å². The van der Waals surface area contributed by atoms with Crippen molar-refractivity contribution >= 4 is 22.6 Å². The largest absolute Gasteiger partial charge is 0.489 e. The molecular formula is C31H30FN3O6. The van der Waals surface area contributed by atoms with Gasteiger partial charge in [-0.05, 0) is 68.8 Å². The van der Waals surface area contributed by atoms with Crippen LogP contribution in [-0.4, -0.2) is 51.7 Å². The number of fused-ring (bicyclic) bond motifs is 2. The molecule has 5 rings (SSSR count). The highest BCUT2D eigenvalue weighted by Gasteiger charge is 2.45. The molecule has 1 amide bonds. The van der Waals surface area contributed by atoms with Crippen LogP contribution in [0, 0.1) is 5.82 Å². The van der Waals surface area contributed by atoms with Crippen molar-refractivity contribution in [1.82, 2.24) is 9.97 Å². The molecule has 0 radical (unpaired) electrons. The Kier molecular flexibility index (Phi) is 7.46. The summed E-state index contributed by atoms with van der Waals surface area (Å²) in [5.41, 5.74) is 5.47. The maximum atomic E-state index is 13.7. The highest BCUT2D eigenvalue weighted by atomic mass is 19.1. The van der Waals surface area contributed by atoms with Crippen LogP contribution in [0.2, 0.25) is 0 Å². The number of nitrogens with zero attached hydrogens (tertiary/aromatic N) is 2. The Morgan fingerprint density at radius 1 is 1.20 bits per heavy atom. The third-order valence-corrected chi connectivity index (χ3v) is 7.47. The van der Waals surface area contributed by atoms with Gasteiger partial charge in [0.05, 0.1) is 12.3 Å². The third-order valence-electron chi connectivity index (χ3n) is 7.47. The number of amides is 1. The molecule has 3 heterocycles. The maximum absolute atomic E-state index is 13.7. The van der Waals surface area contributed by atoms with Crippen molar-refractivity contribution in [3.05, 3.63) is 83.4 Å². The summed E-state index contributed by atoms with van der Waals surface area (Å²) in [6.07, 6.45) is 1.59. The van der Waals surface area contributed by atoms with Gasteiger partial charge >= 0.3 is 0 Å². The molecule has 9 nitrogen and oxygen atoms in total. The summed E-state index contributed by atoms with van der Waals surface area (Å²) in [7, 11) is 0. The Hall–Kier alpha value is -4.41. The fourth-order valence-corrected chi connectivity index (χ4v) is 4.88. The molecule has 4 N–H and O–H groups in total. The van der Waals surface area contributed by atoms with Crippen molar-refractivity contribution in [3.8, 4) is 22.8 Å². The minimum absolute atomic E-state index is 0.00483. The van der Waals surface area contributed by atoms with E-state index in [9.17, 15) is 24.2 Å². The molecule has 0 aliphatic carbocycles. The van der Waals surface area contributed by atoms with Crippen molar-refractivity contribution in [2.24, 2.45) is 5.73 Å². The molecule has 1 aliphatic heterocycles. The smallest absolute Gasteiger partial charge is 0.231 e. The second kappa shape index (κ2) is 10.9. The number of halogens is 1. The van der Waals surface area contributed by atoms with Crippen LogP contribution in [0.15, 0.2) is 60.8 Å². The van der Waals surface area contributed by atoms with Gasteiger partial charge in [-0.2, -0.15) is 0 Å². The lowest BCUT2D eigenvalue weighted by atomic mass is 9.81. The average Bonchev–Trinajstić information content (AvgIpc) is 3.32. The minimum Gasteiger partial charge on any atom is -0.489 e. The second-order valence-corrected chi connectivity index (χ2v) is 10.5. The Morgan fingerprint density at radius 2 is 1.95 bits per heavy atom. The molecule has 1 aliphatic rings. The van der Waals surface area contributed by atoms with Gasteiger partial charge in [0.15, 0.2) is 5.78 Å². The molecule has 212 valence electrons. The molecule has 0 unspecified atom stereocenters. The van der Waals surface area contributed by atoms with Crippen LogP contribution < -0.4 is 15.2 Å². The summed E-state index contributed by atoms with van der Waals surface area (Å²) in [6, 6.07) is 14.1. The van der Waals surface area contributed by atoms with Gasteiger partial charge in [-0.25, -0.2) is 9.37 Å². The number of aliphatic hydroxyl groups excluding tert-OH is 1. The number of carbonyl (C=O) groups is 2. The van der Waals surface area contributed by atoms with Gasteiger partial charge in [-0.1, -0.05) is 6.07 Å². The lowest BCUT2D eigenvalue weighted by Crippen LogP contribution is -2.40. The van der Waals surface area contributed by atoms with Crippen molar-refractivity contribution in [3.63, 3.8) is 0 Å². The summed E-state index contributed by atoms with van der Waals surface area (Å²) < 4.78 is 25.1. The Labute approximate surface area is 235 Å². The standard InChI is InChI=1S/C31H30FN3O6/c1-30(29(33)38)17-41-28-22(30)16-25(35-27(28)18-5-7-21(32)8-6-18)31(2,39)10-9-23(37)20-14-19-4-3-11-34-26(19)24(15-20)40-13-12-36/h3-8,11,14-16,36,39H,9-10,12-13,17H2,1-2H3,(H2,33,38)/t30-,31-/m0/s1. The number of primary amides is 1. The zero-order valence-electron chi connectivity index (χ0n) is 22.7. The Bertz CT molecular complexity index is 1640. The van der Waals surface area contributed by atoms with Crippen LogP contribution in [0.5, 0.6) is 11.5 Å². The average molecular weight is 560 g/mol. The van der Waals surface area contributed by atoms with E-state index < -0.39 is 22.7 Å². The summed E-state index contributed by atoms with van der Waals surface area (Å²) in [5.74, 6) is -0.548. The normalized spacial score (nSPS) is 17.5. The van der Waals surface area contributed by atoms with E-state index in [1.165, 1.54) is 24.3 Å². The van der Waals surface area contributed by atoms with E-state index >= 15 is 0 Å². The van der Waals surface area contributed by atoms with Gasteiger partial charge < -0.3 is 25.4 Å². The molecule has 10 heteroatoms. The van der Waals surface area contributed by atoms with Crippen LogP contribution in [-0.2, 0) is 15.8 Å². The van der Waals surface area contributed by atoms with E-state index in [-0.39, 0.29) is 44.1 Å². The van der Waals surface area contributed by atoms with Gasteiger partial charge in [0, 0.05) is 34.7 Å². The van der Waals surface area contributed by atoms with E-state index in [1.54, 1.807) is 44.3 Å². The van der Waals surface area contributed by atoms with Gasteiger partial charge in [-0.15, -0.1) is 0 Å². The lowest BCUT2D eigenvalue weighted by Gasteiger charge is -2.26. The van der Waals surface area contributed by atoms with Gasteiger partial charge in [0.25, 0.3) is 0 Å². The predicted molar refractivity (Wildman–Crippen MR) is 149 cm³/mol. The SMILES string of the molecule is C[C@](O)(CCC(=O)c1cc(OCCO)c2ncccc2c1)c1cc2c(c(-c3ccc(F)cc3)n1)OC[C@]2(C)C(N)=O. The number of aromatic nitrogens is 2. The van der Waals surface area contributed by atoms with Gasteiger partial charge in [-0.3, -0.25) is 14.6 Å². The summed E-state index contributed by atoms with van der Waals surface area (Å²) in [6.45, 7) is 3.05. The van der Waals surface area contributed by atoms with E-state index in [0.29, 0.717) is 44.8 Å². The number of nitrogens with two attached hydrogens (primary N) is 1. The molecule has 41 heavy (non-hydrogen) atoms. The van der Waals surface area contributed by atoms with E-state index in [0.717, 1.165) is 0 Å². The van der Waals surface area contributed by atoms with Gasteiger partial charge in [0.1, 0.15) is 52.8 Å². The second-order valence-electron chi connectivity index (χ2n) is 10.5. The number of pyridine rings is 2. The predicted octanol–water partition coefficient (Wildman–Crippen LogP) is 3.81. The van der Waals surface area contributed by atoms with Crippen LogP contribution >= 0.6 is 0 Å². The quantitative estimate of drug-likeness (QED) is 0.249. The first-order valence-corrected chi connectivity index (χ1v) is 13.2. The first-order chi connectivity index (χ1) is 19.5. The topological polar surface area (TPSA) is 145 Å². The fraction of sp³-hybridized carbons (Fsp3) is 0.290. The van der Waals surface area contributed by atoms with Crippen LogP contribution in [0.4, 0.5) is 4.39 Å². The van der Waals surface area contributed by atoms with Crippen molar-refractivity contribution in [2.75, 3.05) is 19.8 Å². The number of hydrogen-bond acceptors (Lipinski definition) is 8. The molecule has 2 atom stereocenters. The Balaban J connectivity index is 1.48. The first kappa shape index (κ1) is 28.1. The first-order valence-electron chi connectivity index (χ1n) is 13.2. The molecular weight excluding hydrogens is 529 g/mol. The monoisotopic (exact) mass is 559 g/mol. The van der Waals surface area contributed by atoms with E-state index in [2.05, 4.69) is 9.97 Å². The molecule has 0 saturated carbocycles. The number of ether oxygens (including phenoxy) is 2. The number of rotatable bonds is 10. The van der Waals surface area contributed by atoms with Crippen molar-refractivity contribution in [1.29, 1.82) is 0 Å². The molecule has 0 bridgehead atoms. The lowest BCUT2D eigenvalue weighted by molar-refractivity contribution is -0.123. The Morgan fingerprint density at radius 3 is 2.66 bits per heavy atom. The maximum Gasteiger partial charge on any atom is 0.231 e. The third kappa shape index (κ3) is 5.36. The molecule has 2 aromatic heterocycles. The molecule has 0 fully saturated rings. The van der Waals surface area contributed by atoms with E-state index in [1.807, 2.05) is 6.07 Å². The van der Waals surface area contributed by atoms with Crippen molar-refractivity contribution < 1.29 is 33.7 Å². The zero-order chi connectivity index (χ0) is 29.4. The van der Waals surface area contributed by atoms with E-state index in [4.69, 9.17) is 15.2 Å². The van der Waals surface area contributed by atoms with Crippen molar-refractivity contribution in [2.45, 2.75) is 37.7 Å². The summed E-state index contributed by atoms with van der Waals surface area (Å²) in [4.78, 5) is 34.7. The highest BCUT2D eigenvalue weighted by Crippen LogP contribution is 2.46. The zero-order valence-corrected chi connectivity index (χ0v) is 22.7. The molecule has 4 aromatic rings. The minimum atomic E-state index is -1.59. The molecule has 2 aromatic carbocycles. The number of aliphatic hydroxyl groups is 2. The number of hydrogen-bond donors (Lipinski definition) is 3. The summed E-state index contributed by atoms with van der Waals surface area (Å²) in [5, 5.41) is 21.5. The molecule has 0 spiro atoms. The fourth-order valence-electron chi connectivity index (χ4n) is 4.88. The number of Topliss-reactive ketones (excluding diaryl/α,β-unsaturated/α-hetero) is 1. The van der Waals surface area contributed by atoms with Crippen LogP contribution in [0.25, 0.3) is 22.2 Å². The summed E-state index contributed by atoms with van der Waals surface area (Å²) >= 11 is 0. The number of carbonyl (C=O) groups excluding carboxylic acids is 2. The van der Waals surface area contributed by atoms with Crippen LogP contribution in [0.1, 0.15) is 48.3 Å².